The van der Waals surface area contributed by atoms with E-state index >= 15 is 0 Å². The van der Waals surface area contributed by atoms with Crippen molar-refractivity contribution in [2.45, 2.75) is 20.8 Å². The lowest BCUT2D eigenvalue weighted by Crippen LogP contribution is -2.42. The molecule has 1 aliphatic rings. The molecule has 0 unspecified atom stereocenters. The summed E-state index contributed by atoms with van der Waals surface area (Å²) in [7, 11) is 0. The molecule has 3 rings (SSSR count). The van der Waals surface area contributed by atoms with Gasteiger partial charge in [-0.25, -0.2) is 0 Å². The summed E-state index contributed by atoms with van der Waals surface area (Å²) in [6.45, 7) is 6.29. The predicted molar refractivity (Wildman–Crippen MR) is 92.3 cm³/mol. The lowest BCUT2D eigenvalue weighted by atomic mass is 10.0. The molecule has 1 N–H and O–H groups in total. The molecule has 0 radical (unpaired) electrons. The number of fused-ring (bicyclic) bond motifs is 1. The predicted octanol–water partition coefficient (Wildman–Crippen LogP) is 3.25. The molecule has 0 fully saturated rings. The number of benzene rings is 2. The van der Waals surface area contributed by atoms with E-state index in [2.05, 4.69) is 5.32 Å². The van der Waals surface area contributed by atoms with Gasteiger partial charge in [0.25, 0.3) is 0 Å². The van der Waals surface area contributed by atoms with E-state index in [4.69, 9.17) is 0 Å². The van der Waals surface area contributed by atoms with Gasteiger partial charge in [-0.05, 0) is 55.7 Å². The van der Waals surface area contributed by atoms with Crippen LogP contribution in [0.5, 0.6) is 0 Å². The van der Waals surface area contributed by atoms with E-state index in [1.807, 2.05) is 57.2 Å². The minimum absolute atomic E-state index is 0.0464. The number of carbonyl (C=O) groups excluding carboxylic acids is 2. The third-order valence-corrected chi connectivity index (χ3v) is 4.30. The van der Waals surface area contributed by atoms with Crippen LogP contribution in [0.15, 0.2) is 36.4 Å². The maximum atomic E-state index is 12.6. The van der Waals surface area contributed by atoms with Gasteiger partial charge in [-0.1, -0.05) is 18.2 Å². The Bertz CT molecular complexity index is 796. The molecule has 1 aliphatic heterocycles. The number of nitrogens with zero attached hydrogens (tertiary/aromatic N) is 1. The highest BCUT2D eigenvalue weighted by atomic mass is 16.2. The fourth-order valence-electron chi connectivity index (χ4n) is 2.75. The molecule has 0 saturated heterocycles. The minimum Gasteiger partial charge on any atom is -0.374 e. The molecule has 0 saturated carbocycles. The first-order valence-corrected chi connectivity index (χ1v) is 7.71. The molecule has 0 bridgehead atoms. The van der Waals surface area contributed by atoms with Gasteiger partial charge in [0.15, 0.2) is 5.78 Å². The van der Waals surface area contributed by atoms with E-state index in [0.717, 1.165) is 28.1 Å². The molecule has 1 amide bonds. The molecular formula is C19H20N2O2. The van der Waals surface area contributed by atoms with Crippen molar-refractivity contribution in [1.82, 2.24) is 0 Å². The molecule has 0 spiro atoms. The van der Waals surface area contributed by atoms with Gasteiger partial charge in [0.1, 0.15) is 0 Å². The van der Waals surface area contributed by atoms with Crippen molar-refractivity contribution >= 4 is 23.1 Å². The second kappa shape index (κ2) is 5.88. The van der Waals surface area contributed by atoms with Crippen molar-refractivity contribution in [3.05, 3.63) is 58.7 Å². The van der Waals surface area contributed by atoms with Crippen LogP contribution in [0, 0.1) is 20.8 Å². The highest BCUT2D eigenvalue weighted by Gasteiger charge is 2.26. The van der Waals surface area contributed by atoms with E-state index in [0.29, 0.717) is 5.56 Å². The van der Waals surface area contributed by atoms with E-state index in [1.54, 1.807) is 4.90 Å². The summed E-state index contributed by atoms with van der Waals surface area (Å²) in [5.41, 5.74) is 5.67. The lowest BCUT2D eigenvalue weighted by Gasteiger charge is -2.30. The summed E-state index contributed by atoms with van der Waals surface area (Å²) in [4.78, 5) is 26.4. The molecule has 2 aromatic carbocycles. The molecular weight excluding hydrogens is 288 g/mol. The zero-order valence-electron chi connectivity index (χ0n) is 13.6. The Morgan fingerprint density at radius 3 is 2.61 bits per heavy atom. The molecule has 1 heterocycles. The highest BCUT2D eigenvalue weighted by molar-refractivity contribution is 6.09. The standard InChI is InChI=1S/C19H20N2O2/c1-12-4-7-17-16(8-12)20-10-19(23)21(17)11-18(22)15-6-5-13(2)14(3)9-15/h4-9,20H,10-11H2,1-3H3. The van der Waals surface area contributed by atoms with E-state index in [9.17, 15) is 9.59 Å². The number of hydrogen-bond donors (Lipinski definition) is 1. The number of amides is 1. The van der Waals surface area contributed by atoms with Crippen LogP contribution in [0.4, 0.5) is 11.4 Å². The lowest BCUT2D eigenvalue weighted by molar-refractivity contribution is -0.117. The monoisotopic (exact) mass is 308 g/mol. The van der Waals surface area contributed by atoms with Crippen LogP contribution in [0.1, 0.15) is 27.0 Å². The van der Waals surface area contributed by atoms with Crippen LogP contribution >= 0.6 is 0 Å². The average molecular weight is 308 g/mol. The van der Waals surface area contributed by atoms with Gasteiger partial charge in [-0.3, -0.25) is 9.59 Å². The van der Waals surface area contributed by atoms with E-state index in [1.165, 1.54) is 0 Å². The molecule has 118 valence electrons. The Morgan fingerprint density at radius 2 is 1.87 bits per heavy atom. The second-order valence-corrected chi connectivity index (χ2v) is 6.08. The number of ketones is 1. The van der Waals surface area contributed by atoms with Crippen LogP contribution in [-0.4, -0.2) is 24.8 Å². The highest BCUT2D eigenvalue weighted by Crippen LogP contribution is 2.30. The molecule has 0 aromatic heterocycles. The number of aryl methyl sites for hydroxylation is 3. The first-order chi connectivity index (χ1) is 11.0. The van der Waals surface area contributed by atoms with Crippen LogP contribution < -0.4 is 10.2 Å². The number of rotatable bonds is 3. The van der Waals surface area contributed by atoms with E-state index < -0.39 is 0 Å². The summed E-state index contributed by atoms with van der Waals surface area (Å²) in [5, 5.41) is 3.11. The fraction of sp³-hybridized carbons (Fsp3) is 0.263. The molecule has 4 heteroatoms. The summed E-state index contributed by atoms with van der Waals surface area (Å²) in [6, 6.07) is 11.5. The topological polar surface area (TPSA) is 49.4 Å². The number of carbonyl (C=O) groups is 2. The zero-order valence-corrected chi connectivity index (χ0v) is 13.6. The van der Waals surface area contributed by atoms with Gasteiger partial charge in [-0.15, -0.1) is 0 Å². The molecule has 23 heavy (non-hydrogen) atoms. The largest absolute Gasteiger partial charge is 0.374 e. The van der Waals surface area contributed by atoms with Gasteiger partial charge in [0, 0.05) is 5.56 Å². The number of nitrogens with one attached hydrogen (secondary N) is 1. The first kappa shape index (κ1) is 15.3. The first-order valence-electron chi connectivity index (χ1n) is 7.71. The zero-order chi connectivity index (χ0) is 16.6. The fourth-order valence-corrected chi connectivity index (χ4v) is 2.75. The maximum absolute atomic E-state index is 12.6. The van der Waals surface area contributed by atoms with Crippen LogP contribution in [0.3, 0.4) is 0 Å². The number of Topliss-reactive ketones (excluding diaryl/α,β-unsaturated/α-hetero) is 1. The smallest absolute Gasteiger partial charge is 0.246 e. The van der Waals surface area contributed by atoms with Gasteiger partial charge in [0.2, 0.25) is 5.91 Å². The summed E-state index contributed by atoms with van der Waals surface area (Å²) in [5.74, 6) is -0.131. The van der Waals surface area contributed by atoms with Crippen molar-refractivity contribution in [3.8, 4) is 0 Å². The molecule has 0 aliphatic carbocycles. The Kier molecular flexibility index (Phi) is 3.90. The average Bonchev–Trinajstić information content (AvgIpc) is 2.52. The molecule has 4 nitrogen and oxygen atoms in total. The number of hydrogen-bond acceptors (Lipinski definition) is 3. The van der Waals surface area contributed by atoms with E-state index in [-0.39, 0.29) is 24.8 Å². The summed E-state index contributed by atoms with van der Waals surface area (Å²) in [6.07, 6.45) is 0. The summed E-state index contributed by atoms with van der Waals surface area (Å²) < 4.78 is 0. The quantitative estimate of drug-likeness (QED) is 0.886. The van der Waals surface area contributed by atoms with Crippen molar-refractivity contribution in [2.24, 2.45) is 0 Å². The SMILES string of the molecule is Cc1ccc2c(c1)NCC(=O)N2CC(=O)c1ccc(C)c(C)c1. The number of anilines is 2. The van der Waals surface area contributed by atoms with Crippen molar-refractivity contribution in [2.75, 3.05) is 23.3 Å². The maximum Gasteiger partial charge on any atom is 0.246 e. The molecule has 0 atom stereocenters. The minimum atomic E-state index is -0.0847. The van der Waals surface area contributed by atoms with Gasteiger partial charge < -0.3 is 10.2 Å². The Balaban J connectivity index is 1.88. The Labute approximate surface area is 136 Å². The van der Waals surface area contributed by atoms with Crippen molar-refractivity contribution in [1.29, 1.82) is 0 Å². The van der Waals surface area contributed by atoms with Crippen LogP contribution in [0.2, 0.25) is 0 Å². The summed E-state index contributed by atoms with van der Waals surface area (Å²) >= 11 is 0. The van der Waals surface area contributed by atoms with Crippen molar-refractivity contribution < 1.29 is 9.59 Å². The van der Waals surface area contributed by atoms with Gasteiger partial charge >= 0.3 is 0 Å². The van der Waals surface area contributed by atoms with Crippen LogP contribution in [0.25, 0.3) is 0 Å². The molecule has 2 aromatic rings. The van der Waals surface area contributed by atoms with Gasteiger partial charge in [-0.2, -0.15) is 0 Å². The third-order valence-electron chi connectivity index (χ3n) is 4.30. The Hall–Kier alpha value is -2.62. The van der Waals surface area contributed by atoms with Crippen molar-refractivity contribution in [3.63, 3.8) is 0 Å². The van der Waals surface area contributed by atoms with Gasteiger partial charge in [0.05, 0.1) is 24.5 Å². The van der Waals surface area contributed by atoms with Crippen LogP contribution in [-0.2, 0) is 4.79 Å². The Morgan fingerprint density at radius 1 is 1.09 bits per heavy atom. The second-order valence-electron chi connectivity index (χ2n) is 6.08. The third kappa shape index (κ3) is 2.97. The normalized spacial score (nSPS) is 13.5.